The maximum Gasteiger partial charge on any atom is 0.266 e. The lowest BCUT2D eigenvalue weighted by Crippen LogP contribution is -2.14. The standard InChI is InChI=1S/C15H11ClFN3O3S3/c1-23-9-3-2-4-10(5-9)25-13-7-12(17)14(6-11(13)16)26(21,22)20-15-19-18-8-24-15/h2-8H,1H3,(H,19,20). The Bertz CT molecular complexity index is 1030. The molecule has 2 aromatic carbocycles. The fourth-order valence-corrected chi connectivity index (χ4v) is 4.99. The molecule has 0 amide bonds. The van der Waals surface area contributed by atoms with Crippen molar-refractivity contribution in [3.63, 3.8) is 0 Å². The average molecular weight is 432 g/mol. The minimum atomic E-state index is -4.17. The van der Waals surface area contributed by atoms with Gasteiger partial charge in [-0.2, -0.15) is 0 Å². The van der Waals surface area contributed by atoms with Gasteiger partial charge in [-0.15, -0.1) is 10.2 Å². The number of hydrogen-bond donors (Lipinski definition) is 1. The highest BCUT2D eigenvalue weighted by Gasteiger charge is 2.23. The van der Waals surface area contributed by atoms with Gasteiger partial charge in [-0.05, 0) is 30.3 Å². The van der Waals surface area contributed by atoms with Gasteiger partial charge in [-0.1, -0.05) is 40.8 Å². The summed E-state index contributed by atoms with van der Waals surface area (Å²) >= 11 is 8.35. The first kappa shape index (κ1) is 18.9. The summed E-state index contributed by atoms with van der Waals surface area (Å²) in [6.07, 6.45) is 0. The summed E-state index contributed by atoms with van der Waals surface area (Å²) in [5.74, 6) is -0.274. The van der Waals surface area contributed by atoms with Crippen LogP contribution in [0, 0.1) is 5.82 Å². The predicted molar refractivity (Wildman–Crippen MR) is 99.2 cm³/mol. The van der Waals surface area contributed by atoms with E-state index in [-0.39, 0.29) is 10.2 Å². The van der Waals surface area contributed by atoms with E-state index in [1.165, 1.54) is 17.3 Å². The first-order valence-electron chi connectivity index (χ1n) is 6.99. The molecular formula is C15H11ClFN3O3S3. The van der Waals surface area contributed by atoms with Crippen LogP contribution in [0.4, 0.5) is 9.52 Å². The second-order valence-corrected chi connectivity index (χ2v) is 8.85. The number of ether oxygens (including phenoxy) is 1. The van der Waals surface area contributed by atoms with Crippen LogP contribution < -0.4 is 9.46 Å². The number of sulfonamides is 1. The van der Waals surface area contributed by atoms with Crippen LogP contribution >= 0.6 is 34.7 Å². The highest BCUT2D eigenvalue weighted by atomic mass is 35.5. The molecule has 3 rings (SSSR count). The fraction of sp³-hybridized carbons (Fsp3) is 0.0667. The lowest BCUT2D eigenvalue weighted by atomic mass is 10.3. The number of benzene rings is 2. The smallest absolute Gasteiger partial charge is 0.266 e. The van der Waals surface area contributed by atoms with E-state index in [1.54, 1.807) is 25.3 Å². The number of halogens is 2. The van der Waals surface area contributed by atoms with Crippen LogP contribution in [0.3, 0.4) is 0 Å². The van der Waals surface area contributed by atoms with Crippen LogP contribution in [-0.4, -0.2) is 25.7 Å². The number of aromatic nitrogens is 2. The van der Waals surface area contributed by atoms with Crippen molar-refractivity contribution in [2.45, 2.75) is 14.7 Å². The summed E-state index contributed by atoms with van der Waals surface area (Å²) in [4.78, 5) is 0.591. The molecule has 11 heteroatoms. The Morgan fingerprint density at radius 1 is 1.31 bits per heavy atom. The van der Waals surface area contributed by atoms with E-state index in [4.69, 9.17) is 16.3 Å². The first-order valence-corrected chi connectivity index (χ1v) is 10.5. The highest BCUT2D eigenvalue weighted by molar-refractivity contribution is 7.99. The molecule has 0 spiro atoms. The van der Waals surface area contributed by atoms with Crippen molar-refractivity contribution < 1.29 is 17.5 Å². The second-order valence-electron chi connectivity index (χ2n) is 4.84. The fourth-order valence-electron chi connectivity index (χ4n) is 1.97. The zero-order chi connectivity index (χ0) is 18.7. The first-order chi connectivity index (χ1) is 12.4. The number of methoxy groups -OCH3 is 1. The Labute approximate surface area is 162 Å². The Kier molecular flexibility index (Phi) is 5.66. The van der Waals surface area contributed by atoms with E-state index in [9.17, 15) is 12.8 Å². The van der Waals surface area contributed by atoms with Gasteiger partial charge in [0.05, 0.1) is 12.1 Å². The molecule has 0 atom stereocenters. The molecule has 0 aliphatic rings. The third-order valence-electron chi connectivity index (χ3n) is 3.13. The summed E-state index contributed by atoms with van der Waals surface area (Å²) in [5, 5.41) is 7.24. The average Bonchev–Trinajstić information content (AvgIpc) is 3.10. The molecular weight excluding hydrogens is 421 g/mol. The molecule has 26 heavy (non-hydrogen) atoms. The molecule has 0 aliphatic heterocycles. The van der Waals surface area contributed by atoms with E-state index < -0.39 is 20.7 Å². The molecule has 0 saturated carbocycles. The van der Waals surface area contributed by atoms with Gasteiger partial charge in [-0.25, -0.2) is 12.8 Å². The summed E-state index contributed by atoms with van der Waals surface area (Å²) in [6, 6.07) is 9.30. The summed E-state index contributed by atoms with van der Waals surface area (Å²) in [7, 11) is -2.62. The minimum Gasteiger partial charge on any atom is -0.497 e. The van der Waals surface area contributed by atoms with Gasteiger partial charge >= 0.3 is 0 Å². The van der Waals surface area contributed by atoms with Crippen molar-refractivity contribution in [1.82, 2.24) is 10.2 Å². The number of nitrogens with one attached hydrogen (secondary N) is 1. The van der Waals surface area contributed by atoms with Crippen molar-refractivity contribution in [3.8, 4) is 5.75 Å². The van der Waals surface area contributed by atoms with Gasteiger partial charge in [0.2, 0.25) is 5.13 Å². The Balaban J connectivity index is 1.90. The largest absolute Gasteiger partial charge is 0.497 e. The molecule has 1 heterocycles. The maximum atomic E-state index is 14.5. The Morgan fingerprint density at radius 3 is 2.81 bits per heavy atom. The number of hydrogen-bond acceptors (Lipinski definition) is 7. The van der Waals surface area contributed by atoms with Gasteiger partial charge in [0.25, 0.3) is 10.0 Å². The Morgan fingerprint density at radius 2 is 2.12 bits per heavy atom. The summed E-state index contributed by atoms with van der Waals surface area (Å²) in [6.45, 7) is 0. The van der Waals surface area contributed by atoms with Gasteiger partial charge in [-0.3, -0.25) is 4.72 Å². The summed E-state index contributed by atoms with van der Waals surface area (Å²) in [5.41, 5.74) is 1.36. The van der Waals surface area contributed by atoms with Gasteiger partial charge in [0, 0.05) is 9.79 Å². The molecule has 136 valence electrons. The number of anilines is 1. The monoisotopic (exact) mass is 431 g/mol. The van der Waals surface area contributed by atoms with Gasteiger partial charge in [0.15, 0.2) is 0 Å². The SMILES string of the molecule is COc1cccc(Sc2cc(F)c(S(=O)(=O)Nc3nncs3)cc2Cl)c1. The van der Waals surface area contributed by atoms with Crippen LogP contribution in [0.25, 0.3) is 0 Å². The molecule has 1 N–H and O–H groups in total. The van der Waals surface area contributed by atoms with E-state index in [0.717, 1.165) is 28.4 Å². The minimum absolute atomic E-state index is 0.0374. The van der Waals surface area contributed by atoms with E-state index >= 15 is 0 Å². The van der Waals surface area contributed by atoms with Crippen LogP contribution in [-0.2, 0) is 10.0 Å². The normalized spacial score (nSPS) is 11.3. The number of nitrogens with zero attached hydrogens (tertiary/aromatic N) is 2. The third-order valence-corrected chi connectivity index (χ3v) is 6.69. The van der Waals surface area contributed by atoms with Crippen molar-refractivity contribution in [2.24, 2.45) is 0 Å². The van der Waals surface area contributed by atoms with Gasteiger partial charge < -0.3 is 4.74 Å². The Hall–Kier alpha value is -1.88. The van der Waals surface area contributed by atoms with Crippen molar-refractivity contribution in [2.75, 3.05) is 11.8 Å². The number of rotatable bonds is 6. The van der Waals surface area contributed by atoms with Gasteiger partial charge in [0.1, 0.15) is 22.0 Å². The van der Waals surface area contributed by atoms with Crippen molar-refractivity contribution in [1.29, 1.82) is 0 Å². The molecule has 0 fully saturated rings. The molecule has 6 nitrogen and oxygen atoms in total. The molecule has 1 aromatic heterocycles. The highest BCUT2D eigenvalue weighted by Crippen LogP contribution is 2.37. The van der Waals surface area contributed by atoms with E-state index in [0.29, 0.717) is 10.6 Å². The molecule has 0 radical (unpaired) electrons. The second kappa shape index (κ2) is 7.78. The predicted octanol–water partition coefficient (Wildman–Crippen LogP) is 4.29. The molecule has 0 saturated heterocycles. The molecule has 0 bridgehead atoms. The maximum absolute atomic E-state index is 14.5. The molecule has 0 unspecified atom stereocenters. The van der Waals surface area contributed by atoms with Crippen LogP contribution in [0.2, 0.25) is 5.02 Å². The quantitative estimate of drug-likeness (QED) is 0.627. The lowest BCUT2D eigenvalue weighted by Gasteiger charge is -2.10. The third kappa shape index (κ3) is 4.26. The topological polar surface area (TPSA) is 81.2 Å². The van der Waals surface area contributed by atoms with Crippen molar-refractivity contribution >= 4 is 49.9 Å². The zero-order valence-electron chi connectivity index (χ0n) is 13.1. The van der Waals surface area contributed by atoms with Crippen LogP contribution in [0.15, 0.2) is 56.6 Å². The van der Waals surface area contributed by atoms with Crippen LogP contribution in [0.1, 0.15) is 0 Å². The van der Waals surface area contributed by atoms with Crippen molar-refractivity contribution in [3.05, 3.63) is 52.7 Å². The van der Waals surface area contributed by atoms with E-state index in [1.807, 2.05) is 6.07 Å². The molecule has 3 aromatic rings. The summed E-state index contributed by atoms with van der Waals surface area (Å²) < 4.78 is 46.4. The molecule has 0 aliphatic carbocycles. The van der Waals surface area contributed by atoms with E-state index in [2.05, 4.69) is 14.9 Å². The van der Waals surface area contributed by atoms with Crippen LogP contribution in [0.5, 0.6) is 5.75 Å². The lowest BCUT2D eigenvalue weighted by molar-refractivity contribution is 0.413. The zero-order valence-corrected chi connectivity index (χ0v) is 16.3.